The van der Waals surface area contributed by atoms with E-state index in [-0.39, 0.29) is 0 Å². The molecule has 0 saturated carbocycles. The van der Waals surface area contributed by atoms with E-state index < -0.39 is 0 Å². The summed E-state index contributed by atoms with van der Waals surface area (Å²) in [5.74, 6) is 0. The van der Waals surface area contributed by atoms with Gasteiger partial charge in [0.05, 0.1) is 16.9 Å². The first-order chi connectivity index (χ1) is 23.3. The molecule has 0 fully saturated rings. The van der Waals surface area contributed by atoms with Crippen molar-refractivity contribution in [2.75, 3.05) is 0 Å². The van der Waals surface area contributed by atoms with Crippen LogP contribution in [0.5, 0.6) is 0 Å². The van der Waals surface area contributed by atoms with Crippen molar-refractivity contribution in [3.63, 3.8) is 0 Å². The van der Waals surface area contributed by atoms with E-state index in [0.717, 1.165) is 39.2 Å². The van der Waals surface area contributed by atoms with E-state index in [9.17, 15) is 0 Å². The largest absolute Gasteiger partial charge is 0.299 e. The molecular formula is C44H27N3. The molecule has 0 saturated heterocycles. The Kier molecular flexibility index (Phi) is 5.57. The highest BCUT2D eigenvalue weighted by Crippen LogP contribution is 2.40. The second-order valence-corrected chi connectivity index (χ2v) is 12.3. The quantitative estimate of drug-likeness (QED) is 0.189. The van der Waals surface area contributed by atoms with Gasteiger partial charge in [-0.1, -0.05) is 133 Å². The van der Waals surface area contributed by atoms with Crippen molar-refractivity contribution in [3.05, 3.63) is 164 Å². The summed E-state index contributed by atoms with van der Waals surface area (Å²) < 4.78 is 2.16. The van der Waals surface area contributed by atoms with Crippen LogP contribution in [0, 0.1) is 0 Å². The SMILES string of the molecule is c1ccc2nc(-c3nc4ccccn4c3-c3ccc(-c4ccc(-c5ccc6ccc7cccc8ccc5c6c78)cc4)cc3)ccc2c1. The van der Waals surface area contributed by atoms with Crippen LogP contribution in [0.25, 0.3) is 93.8 Å². The second kappa shape index (κ2) is 10.1. The molecular weight excluding hydrogens is 571 g/mol. The predicted molar refractivity (Wildman–Crippen MR) is 196 cm³/mol. The zero-order valence-electron chi connectivity index (χ0n) is 25.4. The molecule has 0 aliphatic heterocycles. The van der Waals surface area contributed by atoms with Gasteiger partial charge in [0.25, 0.3) is 0 Å². The minimum atomic E-state index is 0.869. The van der Waals surface area contributed by atoms with Gasteiger partial charge in [-0.15, -0.1) is 0 Å². The molecule has 0 N–H and O–H groups in total. The third kappa shape index (κ3) is 4.07. The number of hydrogen-bond acceptors (Lipinski definition) is 2. The Bertz CT molecular complexity index is 2760. The Morgan fingerprint density at radius 2 is 1.02 bits per heavy atom. The summed E-state index contributed by atoms with van der Waals surface area (Å²) in [5.41, 5.74) is 10.6. The number of benzene rings is 7. The van der Waals surface area contributed by atoms with Gasteiger partial charge in [-0.3, -0.25) is 4.40 Å². The molecule has 47 heavy (non-hydrogen) atoms. The summed E-state index contributed by atoms with van der Waals surface area (Å²) in [6.07, 6.45) is 2.08. The fourth-order valence-corrected chi connectivity index (χ4v) is 7.30. The van der Waals surface area contributed by atoms with Crippen LogP contribution in [0.2, 0.25) is 0 Å². The van der Waals surface area contributed by atoms with Gasteiger partial charge in [-0.25, -0.2) is 9.97 Å². The van der Waals surface area contributed by atoms with Crippen molar-refractivity contribution in [1.29, 1.82) is 0 Å². The number of pyridine rings is 2. The van der Waals surface area contributed by atoms with Gasteiger partial charge in [-0.05, 0) is 78.8 Å². The first-order valence-corrected chi connectivity index (χ1v) is 16.0. The molecule has 3 nitrogen and oxygen atoms in total. The van der Waals surface area contributed by atoms with Crippen LogP contribution in [0.15, 0.2) is 164 Å². The second-order valence-electron chi connectivity index (χ2n) is 12.3. The predicted octanol–water partition coefficient (Wildman–Crippen LogP) is 11.4. The fourth-order valence-electron chi connectivity index (χ4n) is 7.30. The van der Waals surface area contributed by atoms with Crippen molar-refractivity contribution in [2.24, 2.45) is 0 Å². The third-order valence-corrected chi connectivity index (χ3v) is 9.59. The zero-order chi connectivity index (χ0) is 30.9. The van der Waals surface area contributed by atoms with E-state index in [1.54, 1.807) is 0 Å². The Hall–Kier alpha value is -6.32. The Morgan fingerprint density at radius 1 is 0.404 bits per heavy atom. The van der Waals surface area contributed by atoms with E-state index in [1.807, 2.05) is 30.3 Å². The third-order valence-electron chi connectivity index (χ3n) is 9.59. The molecule has 0 unspecified atom stereocenters. The number of hydrogen-bond donors (Lipinski definition) is 0. The van der Waals surface area contributed by atoms with Gasteiger partial charge in [0, 0.05) is 17.1 Å². The highest BCUT2D eigenvalue weighted by molar-refractivity contribution is 6.25. The normalized spacial score (nSPS) is 11.8. The van der Waals surface area contributed by atoms with Crippen LogP contribution in [-0.4, -0.2) is 14.4 Å². The molecule has 0 atom stereocenters. The molecule has 3 aromatic heterocycles. The summed E-state index contributed by atoms with van der Waals surface area (Å²) in [6, 6.07) is 56.5. The monoisotopic (exact) mass is 597 g/mol. The number of para-hydroxylation sites is 1. The lowest BCUT2D eigenvalue weighted by molar-refractivity contribution is 1.19. The highest BCUT2D eigenvalue weighted by Gasteiger charge is 2.18. The van der Waals surface area contributed by atoms with Crippen molar-refractivity contribution < 1.29 is 0 Å². The standard InChI is InChI=1S/C44H27N3/c1-2-9-38-31(6-1)23-26-39(45-38)43-44(47-27-4-3-10-40(47)46-43)35-19-13-29(14-20-35)28-11-15-30(16-12-28)36-24-21-34-18-17-32-7-5-8-33-22-25-37(36)42(34)41(32)33/h1-27H. The molecule has 10 aromatic rings. The molecule has 3 heteroatoms. The van der Waals surface area contributed by atoms with E-state index in [0.29, 0.717) is 0 Å². The molecule has 0 bridgehead atoms. The van der Waals surface area contributed by atoms with Gasteiger partial charge in [0.1, 0.15) is 11.3 Å². The molecule has 0 radical (unpaired) electrons. The molecule has 0 spiro atoms. The van der Waals surface area contributed by atoms with Gasteiger partial charge < -0.3 is 0 Å². The molecule has 0 amide bonds. The Labute approximate surface area is 271 Å². The van der Waals surface area contributed by atoms with E-state index in [1.165, 1.54) is 54.6 Å². The Balaban J connectivity index is 1.03. The average molecular weight is 598 g/mol. The number of rotatable bonds is 4. The number of fused-ring (bicyclic) bond motifs is 2. The van der Waals surface area contributed by atoms with E-state index in [4.69, 9.17) is 9.97 Å². The number of aromatic nitrogens is 3. The number of nitrogens with zero attached hydrogens (tertiary/aromatic N) is 3. The van der Waals surface area contributed by atoms with Crippen LogP contribution in [0.3, 0.4) is 0 Å². The highest BCUT2D eigenvalue weighted by atomic mass is 15.0. The summed E-state index contributed by atoms with van der Waals surface area (Å²) in [4.78, 5) is 10.0. The summed E-state index contributed by atoms with van der Waals surface area (Å²) in [5, 5.41) is 9.00. The van der Waals surface area contributed by atoms with Gasteiger partial charge >= 0.3 is 0 Å². The molecule has 0 aliphatic rings. The van der Waals surface area contributed by atoms with Crippen LogP contribution in [0.4, 0.5) is 0 Å². The van der Waals surface area contributed by atoms with Crippen LogP contribution in [0.1, 0.15) is 0 Å². The molecule has 218 valence electrons. The fraction of sp³-hybridized carbons (Fsp3) is 0. The smallest absolute Gasteiger partial charge is 0.138 e. The summed E-state index contributed by atoms with van der Waals surface area (Å²) in [7, 11) is 0. The van der Waals surface area contributed by atoms with Crippen molar-refractivity contribution in [1.82, 2.24) is 14.4 Å². The first kappa shape index (κ1) is 26.0. The lowest BCUT2D eigenvalue weighted by Crippen LogP contribution is -1.91. The molecule has 0 aliphatic carbocycles. The summed E-state index contributed by atoms with van der Waals surface area (Å²) in [6.45, 7) is 0. The summed E-state index contributed by atoms with van der Waals surface area (Å²) >= 11 is 0. The zero-order valence-corrected chi connectivity index (χ0v) is 25.4. The lowest BCUT2D eigenvalue weighted by atomic mass is 9.89. The van der Waals surface area contributed by atoms with Crippen LogP contribution < -0.4 is 0 Å². The van der Waals surface area contributed by atoms with Gasteiger partial charge in [0.2, 0.25) is 0 Å². The maximum absolute atomic E-state index is 5.03. The van der Waals surface area contributed by atoms with E-state index in [2.05, 4.69) is 138 Å². The van der Waals surface area contributed by atoms with Crippen LogP contribution >= 0.6 is 0 Å². The van der Waals surface area contributed by atoms with Gasteiger partial charge in [-0.2, -0.15) is 0 Å². The molecule has 3 heterocycles. The number of imidazole rings is 1. The topological polar surface area (TPSA) is 30.2 Å². The first-order valence-electron chi connectivity index (χ1n) is 16.0. The molecule has 7 aromatic carbocycles. The van der Waals surface area contributed by atoms with Crippen molar-refractivity contribution >= 4 is 48.9 Å². The van der Waals surface area contributed by atoms with E-state index >= 15 is 0 Å². The minimum absolute atomic E-state index is 0.869. The van der Waals surface area contributed by atoms with Crippen molar-refractivity contribution in [2.45, 2.75) is 0 Å². The average Bonchev–Trinajstić information content (AvgIpc) is 3.53. The van der Waals surface area contributed by atoms with Crippen molar-refractivity contribution in [3.8, 4) is 44.9 Å². The van der Waals surface area contributed by atoms with Crippen LogP contribution in [-0.2, 0) is 0 Å². The Morgan fingerprint density at radius 3 is 1.83 bits per heavy atom. The lowest BCUT2D eigenvalue weighted by Gasteiger charge is -2.14. The molecule has 10 rings (SSSR count). The maximum Gasteiger partial charge on any atom is 0.138 e. The van der Waals surface area contributed by atoms with Gasteiger partial charge in [0.15, 0.2) is 0 Å². The minimum Gasteiger partial charge on any atom is -0.299 e. The maximum atomic E-state index is 5.03.